The van der Waals surface area contributed by atoms with Crippen LogP contribution in [0.25, 0.3) is 0 Å². The van der Waals surface area contributed by atoms with Crippen molar-refractivity contribution in [3.05, 3.63) is 39.4 Å². The van der Waals surface area contributed by atoms with Crippen LogP contribution in [0.15, 0.2) is 18.2 Å². The predicted octanol–water partition coefficient (Wildman–Crippen LogP) is 2.96. The fourth-order valence-corrected chi connectivity index (χ4v) is 1.81. The van der Waals surface area contributed by atoms with Crippen molar-refractivity contribution in [3.63, 3.8) is 0 Å². The standard InChI is InChI=1S/C14H17NO4/c1-9(2)6-14(17)12-5-4-11(7-10(3)16)13(8-12)15(18)19/h4-5,8-9H,6-7H2,1-3H3. The van der Waals surface area contributed by atoms with E-state index in [0.717, 1.165) is 0 Å². The minimum Gasteiger partial charge on any atom is -0.300 e. The number of hydrogen-bond donors (Lipinski definition) is 0. The monoisotopic (exact) mass is 263 g/mol. The van der Waals surface area contributed by atoms with Gasteiger partial charge in [0.1, 0.15) is 5.78 Å². The molecule has 0 aliphatic rings. The number of nitro benzene ring substituents is 1. The zero-order chi connectivity index (χ0) is 14.6. The fourth-order valence-electron chi connectivity index (χ4n) is 1.81. The number of nitrogens with zero attached hydrogens (tertiary/aromatic N) is 1. The first kappa shape index (κ1) is 15.0. The molecule has 0 spiro atoms. The molecule has 0 heterocycles. The van der Waals surface area contributed by atoms with Gasteiger partial charge in [-0.2, -0.15) is 0 Å². The van der Waals surface area contributed by atoms with Gasteiger partial charge in [-0.1, -0.05) is 26.0 Å². The van der Waals surface area contributed by atoms with E-state index in [1.807, 2.05) is 13.8 Å². The van der Waals surface area contributed by atoms with Gasteiger partial charge in [0.15, 0.2) is 5.78 Å². The molecule has 0 amide bonds. The zero-order valence-corrected chi connectivity index (χ0v) is 11.3. The Labute approximate surface area is 111 Å². The predicted molar refractivity (Wildman–Crippen MR) is 71.3 cm³/mol. The van der Waals surface area contributed by atoms with Crippen molar-refractivity contribution in [2.45, 2.75) is 33.6 Å². The Morgan fingerprint density at radius 2 is 1.95 bits per heavy atom. The summed E-state index contributed by atoms with van der Waals surface area (Å²) in [7, 11) is 0. The first-order valence-corrected chi connectivity index (χ1v) is 6.11. The Morgan fingerprint density at radius 1 is 1.32 bits per heavy atom. The SMILES string of the molecule is CC(=O)Cc1ccc(C(=O)CC(C)C)cc1[N+](=O)[O-]. The molecule has 0 unspecified atom stereocenters. The van der Waals surface area contributed by atoms with Crippen LogP contribution in [0.4, 0.5) is 5.69 Å². The molecule has 0 saturated heterocycles. The van der Waals surface area contributed by atoms with Gasteiger partial charge in [-0.15, -0.1) is 0 Å². The van der Waals surface area contributed by atoms with Crippen molar-refractivity contribution >= 4 is 17.3 Å². The second-order valence-electron chi connectivity index (χ2n) is 5.00. The average molecular weight is 263 g/mol. The van der Waals surface area contributed by atoms with Gasteiger partial charge in [0.05, 0.1) is 4.92 Å². The molecule has 0 fully saturated rings. The second kappa shape index (κ2) is 6.22. The van der Waals surface area contributed by atoms with Crippen molar-refractivity contribution in [3.8, 4) is 0 Å². The molecule has 0 bridgehead atoms. The van der Waals surface area contributed by atoms with Gasteiger partial charge in [-0.05, 0) is 12.8 Å². The lowest BCUT2D eigenvalue weighted by atomic mass is 9.98. The number of carbonyl (C=O) groups excluding carboxylic acids is 2. The number of hydrogen-bond acceptors (Lipinski definition) is 4. The lowest BCUT2D eigenvalue weighted by molar-refractivity contribution is -0.385. The number of rotatable bonds is 6. The molecule has 5 nitrogen and oxygen atoms in total. The van der Waals surface area contributed by atoms with E-state index in [-0.39, 0.29) is 29.6 Å². The summed E-state index contributed by atoms with van der Waals surface area (Å²) in [5.41, 5.74) is 0.510. The number of benzene rings is 1. The highest BCUT2D eigenvalue weighted by atomic mass is 16.6. The van der Waals surface area contributed by atoms with Crippen molar-refractivity contribution in [2.24, 2.45) is 5.92 Å². The molecule has 0 saturated carbocycles. The summed E-state index contributed by atoms with van der Waals surface area (Å²) in [6.07, 6.45) is 0.359. The summed E-state index contributed by atoms with van der Waals surface area (Å²) in [5.74, 6) is -0.0692. The summed E-state index contributed by atoms with van der Waals surface area (Å²) in [6.45, 7) is 5.20. The van der Waals surface area contributed by atoms with Gasteiger partial charge in [-0.25, -0.2) is 0 Å². The molecule has 0 aliphatic heterocycles. The number of ketones is 2. The van der Waals surface area contributed by atoms with Gasteiger partial charge in [0, 0.05) is 30.0 Å². The summed E-state index contributed by atoms with van der Waals surface area (Å²) < 4.78 is 0. The van der Waals surface area contributed by atoms with E-state index in [0.29, 0.717) is 17.5 Å². The molecule has 0 aliphatic carbocycles. The Bertz CT molecular complexity index is 520. The third-order valence-corrected chi connectivity index (χ3v) is 2.64. The zero-order valence-electron chi connectivity index (χ0n) is 11.3. The molecule has 1 rings (SSSR count). The molecule has 102 valence electrons. The third-order valence-electron chi connectivity index (χ3n) is 2.64. The van der Waals surface area contributed by atoms with Gasteiger partial charge in [-0.3, -0.25) is 19.7 Å². The van der Waals surface area contributed by atoms with Crippen LogP contribution in [0.3, 0.4) is 0 Å². The first-order valence-electron chi connectivity index (χ1n) is 6.11. The van der Waals surface area contributed by atoms with Crippen molar-refractivity contribution in [2.75, 3.05) is 0 Å². The molecule has 5 heteroatoms. The van der Waals surface area contributed by atoms with E-state index in [1.54, 1.807) is 6.07 Å². The Hall–Kier alpha value is -2.04. The van der Waals surface area contributed by atoms with Gasteiger partial charge in [0.2, 0.25) is 0 Å². The van der Waals surface area contributed by atoms with Crippen LogP contribution >= 0.6 is 0 Å². The van der Waals surface area contributed by atoms with Gasteiger partial charge >= 0.3 is 0 Å². The largest absolute Gasteiger partial charge is 0.300 e. The summed E-state index contributed by atoms with van der Waals surface area (Å²) in [5, 5.41) is 11.0. The van der Waals surface area contributed by atoms with Crippen molar-refractivity contribution in [1.29, 1.82) is 0 Å². The van der Waals surface area contributed by atoms with E-state index in [2.05, 4.69) is 0 Å². The Kier molecular flexibility index (Phi) is 4.92. The van der Waals surface area contributed by atoms with E-state index in [9.17, 15) is 19.7 Å². The lowest BCUT2D eigenvalue weighted by Crippen LogP contribution is -2.07. The minimum atomic E-state index is -0.551. The Morgan fingerprint density at radius 3 is 2.42 bits per heavy atom. The van der Waals surface area contributed by atoms with Crippen LogP contribution in [0.1, 0.15) is 43.1 Å². The van der Waals surface area contributed by atoms with E-state index >= 15 is 0 Å². The van der Waals surface area contributed by atoms with Crippen LogP contribution in [0.5, 0.6) is 0 Å². The number of carbonyl (C=O) groups is 2. The minimum absolute atomic E-state index is 0.00889. The maximum absolute atomic E-state index is 11.9. The van der Waals surface area contributed by atoms with Crippen LogP contribution in [-0.2, 0) is 11.2 Å². The van der Waals surface area contributed by atoms with E-state index in [1.165, 1.54) is 19.1 Å². The molecule has 19 heavy (non-hydrogen) atoms. The van der Waals surface area contributed by atoms with Crippen molar-refractivity contribution < 1.29 is 14.5 Å². The molecule has 0 atom stereocenters. The maximum atomic E-state index is 11.9. The molecule has 1 aromatic rings. The highest BCUT2D eigenvalue weighted by molar-refractivity contribution is 5.97. The van der Waals surface area contributed by atoms with Crippen molar-refractivity contribution in [1.82, 2.24) is 0 Å². The van der Waals surface area contributed by atoms with Crippen LogP contribution < -0.4 is 0 Å². The molecular weight excluding hydrogens is 246 g/mol. The smallest absolute Gasteiger partial charge is 0.273 e. The molecule has 0 N–H and O–H groups in total. The molecular formula is C14H17NO4. The number of Topliss-reactive ketones (excluding diaryl/α,β-unsaturated/α-hetero) is 2. The lowest BCUT2D eigenvalue weighted by Gasteiger charge is -2.06. The summed E-state index contributed by atoms with van der Waals surface area (Å²) >= 11 is 0. The summed E-state index contributed by atoms with van der Waals surface area (Å²) in [4.78, 5) is 33.4. The normalized spacial score (nSPS) is 10.5. The quantitative estimate of drug-likeness (QED) is 0.449. The van der Waals surface area contributed by atoms with Crippen LogP contribution in [0.2, 0.25) is 0 Å². The van der Waals surface area contributed by atoms with Crippen LogP contribution in [0, 0.1) is 16.0 Å². The van der Waals surface area contributed by atoms with E-state index < -0.39 is 4.92 Å². The highest BCUT2D eigenvalue weighted by Gasteiger charge is 2.18. The molecule has 0 aromatic heterocycles. The Balaban J connectivity index is 3.12. The van der Waals surface area contributed by atoms with Crippen LogP contribution in [-0.4, -0.2) is 16.5 Å². The average Bonchev–Trinajstić information content (AvgIpc) is 2.27. The highest BCUT2D eigenvalue weighted by Crippen LogP contribution is 2.22. The summed E-state index contributed by atoms with van der Waals surface area (Å²) in [6, 6.07) is 4.31. The van der Waals surface area contributed by atoms with Gasteiger partial charge < -0.3 is 0 Å². The first-order chi connectivity index (χ1) is 8.81. The molecule has 0 radical (unpaired) electrons. The van der Waals surface area contributed by atoms with Gasteiger partial charge in [0.25, 0.3) is 5.69 Å². The maximum Gasteiger partial charge on any atom is 0.273 e. The van der Waals surface area contributed by atoms with E-state index in [4.69, 9.17) is 0 Å². The third kappa shape index (κ3) is 4.28. The molecule has 1 aromatic carbocycles. The number of nitro groups is 1. The topological polar surface area (TPSA) is 77.3 Å². The second-order valence-corrected chi connectivity index (χ2v) is 5.00. The fraction of sp³-hybridized carbons (Fsp3) is 0.429.